The second kappa shape index (κ2) is 6.02. The van der Waals surface area contributed by atoms with Crippen LogP contribution in [-0.2, 0) is 14.6 Å². The van der Waals surface area contributed by atoms with Crippen LogP contribution in [0.3, 0.4) is 0 Å². The first kappa shape index (κ1) is 15.8. The van der Waals surface area contributed by atoms with E-state index < -0.39 is 15.4 Å². The minimum atomic E-state index is -2.92. The number of sulfone groups is 1. The molecular formula is C14H25NO4S. The normalized spacial score (nSPS) is 36.7. The van der Waals surface area contributed by atoms with Crippen LogP contribution in [0.1, 0.15) is 45.4 Å². The summed E-state index contributed by atoms with van der Waals surface area (Å²) in [7, 11) is -2.92. The summed E-state index contributed by atoms with van der Waals surface area (Å²) in [4.78, 5) is 11.8. The van der Waals surface area contributed by atoms with Crippen molar-refractivity contribution >= 4 is 15.7 Å². The molecule has 1 amide bonds. The van der Waals surface area contributed by atoms with Gasteiger partial charge in [0.15, 0.2) is 9.84 Å². The van der Waals surface area contributed by atoms with Crippen molar-refractivity contribution in [3.05, 3.63) is 0 Å². The van der Waals surface area contributed by atoms with E-state index in [1.807, 2.05) is 0 Å². The molecule has 1 heterocycles. The molecule has 2 N–H and O–H groups in total. The number of aliphatic hydroxyl groups is 1. The summed E-state index contributed by atoms with van der Waals surface area (Å²) in [5.74, 6) is 0.782. The molecule has 1 unspecified atom stereocenters. The molecule has 1 saturated heterocycles. The first-order valence-corrected chi connectivity index (χ1v) is 9.30. The Balaban J connectivity index is 1.73. The minimum Gasteiger partial charge on any atom is -0.388 e. The van der Waals surface area contributed by atoms with Gasteiger partial charge in [-0.1, -0.05) is 6.92 Å². The molecule has 1 aliphatic carbocycles. The summed E-state index contributed by atoms with van der Waals surface area (Å²) < 4.78 is 22.7. The van der Waals surface area contributed by atoms with Crippen LogP contribution in [0.4, 0.5) is 0 Å². The maximum Gasteiger partial charge on any atom is 0.220 e. The zero-order valence-corrected chi connectivity index (χ0v) is 12.9. The van der Waals surface area contributed by atoms with E-state index in [1.165, 1.54) is 0 Å². The van der Waals surface area contributed by atoms with Gasteiger partial charge in [-0.2, -0.15) is 0 Å². The number of carbonyl (C=O) groups excluding carboxylic acids is 1. The quantitative estimate of drug-likeness (QED) is 0.807. The summed E-state index contributed by atoms with van der Waals surface area (Å²) in [6.07, 6.45) is 4.28. The van der Waals surface area contributed by atoms with Crippen molar-refractivity contribution in [1.29, 1.82) is 0 Å². The van der Waals surface area contributed by atoms with Gasteiger partial charge in [0, 0.05) is 13.0 Å². The molecule has 2 rings (SSSR count). The average molecular weight is 303 g/mol. The molecule has 2 aliphatic rings. The fourth-order valence-electron chi connectivity index (χ4n) is 3.11. The van der Waals surface area contributed by atoms with Crippen LogP contribution in [0.15, 0.2) is 0 Å². The standard InChI is InChI=1S/C14H25NO4S/c1-11-2-5-14(17,6-3-11)10-15-13(16)8-12-4-7-20(18,19)9-12/h11-12,17H,2-10H2,1H3,(H,15,16). The Morgan fingerprint density at radius 1 is 1.30 bits per heavy atom. The fraction of sp³-hybridized carbons (Fsp3) is 0.929. The third-order valence-corrected chi connectivity index (χ3v) is 6.46. The Kier molecular flexibility index (Phi) is 4.74. The van der Waals surface area contributed by atoms with Gasteiger partial charge >= 0.3 is 0 Å². The van der Waals surface area contributed by atoms with Crippen LogP contribution in [0.2, 0.25) is 0 Å². The number of hydrogen-bond acceptors (Lipinski definition) is 4. The number of amides is 1. The van der Waals surface area contributed by atoms with Crippen LogP contribution < -0.4 is 5.32 Å². The molecule has 0 aromatic rings. The summed E-state index contributed by atoms with van der Waals surface area (Å²) >= 11 is 0. The van der Waals surface area contributed by atoms with E-state index in [1.54, 1.807) is 0 Å². The lowest BCUT2D eigenvalue weighted by Crippen LogP contribution is -2.45. The molecule has 0 spiro atoms. The Hall–Kier alpha value is -0.620. The van der Waals surface area contributed by atoms with Crippen molar-refractivity contribution in [3.63, 3.8) is 0 Å². The van der Waals surface area contributed by atoms with Crippen LogP contribution in [0.25, 0.3) is 0 Å². The van der Waals surface area contributed by atoms with Crippen molar-refractivity contribution in [1.82, 2.24) is 5.32 Å². The molecule has 2 fully saturated rings. The largest absolute Gasteiger partial charge is 0.388 e. The van der Waals surface area contributed by atoms with Crippen molar-refractivity contribution < 1.29 is 18.3 Å². The van der Waals surface area contributed by atoms with Gasteiger partial charge in [0.25, 0.3) is 0 Å². The maximum atomic E-state index is 11.8. The van der Waals surface area contributed by atoms with E-state index in [-0.39, 0.29) is 36.3 Å². The summed E-state index contributed by atoms with van der Waals surface area (Å²) in [6, 6.07) is 0. The van der Waals surface area contributed by atoms with E-state index in [0.717, 1.165) is 25.7 Å². The Bertz CT molecular complexity index is 452. The molecule has 0 radical (unpaired) electrons. The van der Waals surface area contributed by atoms with E-state index >= 15 is 0 Å². The maximum absolute atomic E-state index is 11.8. The highest BCUT2D eigenvalue weighted by atomic mass is 32.2. The van der Waals surface area contributed by atoms with Gasteiger partial charge in [-0.05, 0) is 43.9 Å². The molecule has 6 heteroatoms. The van der Waals surface area contributed by atoms with Gasteiger partial charge in [0.2, 0.25) is 5.91 Å². The second-order valence-electron chi connectivity index (χ2n) is 6.66. The first-order valence-electron chi connectivity index (χ1n) is 7.47. The van der Waals surface area contributed by atoms with Crippen LogP contribution in [-0.4, -0.2) is 43.1 Å². The third kappa shape index (κ3) is 4.45. The second-order valence-corrected chi connectivity index (χ2v) is 8.89. The third-order valence-electron chi connectivity index (χ3n) is 4.62. The van der Waals surface area contributed by atoms with Crippen LogP contribution >= 0.6 is 0 Å². The van der Waals surface area contributed by atoms with Gasteiger partial charge in [0.1, 0.15) is 0 Å². The Morgan fingerprint density at radius 2 is 1.95 bits per heavy atom. The number of hydrogen-bond donors (Lipinski definition) is 2. The van der Waals surface area contributed by atoms with Gasteiger partial charge in [-0.3, -0.25) is 4.79 Å². The number of carbonyl (C=O) groups is 1. The molecule has 5 nitrogen and oxygen atoms in total. The zero-order valence-electron chi connectivity index (χ0n) is 12.1. The summed E-state index contributed by atoms with van der Waals surface area (Å²) in [6.45, 7) is 2.47. The molecule has 0 aromatic heterocycles. The predicted molar refractivity (Wildman–Crippen MR) is 77.0 cm³/mol. The monoisotopic (exact) mass is 303 g/mol. The zero-order chi connectivity index (χ0) is 14.8. The molecule has 116 valence electrons. The molecule has 0 aromatic carbocycles. The van der Waals surface area contributed by atoms with Gasteiger partial charge in [-0.15, -0.1) is 0 Å². The van der Waals surface area contributed by atoms with Crippen molar-refractivity contribution in [2.75, 3.05) is 18.1 Å². The lowest BCUT2D eigenvalue weighted by molar-refractivity contribution is -0.123. The number of nitrogens with one attached hydrogen (secondary N) is 1. The molecule has 1 saturated carbocycles. The van der Waals surface area contributed by atoms with Gasteiger partial charge in [-0.25, -0.2) is 8.42 Å². The molecule has 0 bridgehead atoms. The Morgan fingerprint density at radius 3 is 2.50 bits per heavy atom. The van der Waals surface area contributed by atoms with Gasteiger partial charge in [0.05, 0.1) is 17.1 Å². The Labute approximate surface area is 121 Å². The molecule has 1 atom stereocenters. The highest BCUT2D eigenvalue weighted by Gasteiger charge is 2.33. The van der Waals surface area contributed by atoms with E-state index in [4.69, 9.17) is 0 Å². The van der Waals surface area contributed by atoms with Crippen LogP contribution in [0.5, 0.6) is 0 Å². The highest BCUT2D eigenvalue weighted by Crippen LogP contribution is 2.31. The van der Waals surface area contributed by atoms with E-state index in [2.05, 4.69) is 12.2 Å². The topological polar surface area (TPSA) is 83.5 Å². The molecule has 1 aliphatic heterocycles. The first-order chi connectivity index (χ1) is 9.28. The minimum absolute atomic E-state index is 0.0546. The molecule has 20 heavy (non-hydrogen) atoms. The van der Waals surface area contributed by atoms with Crippen molar-refractivity contribution in [2.45, 2.75) is 51.0 Å². The van der Waals surface area contributed by atoms with E-state index in [0.29, 0.717) is 12.3 Å². The van der Waals surface area contributed by atoms with Crippen molar-refractivity contribution in [3.8, 4) is 0 Å². The predicted octanol–water partition coefficient (Wildman–Crippen LogP) is 0.869. The SMILES string of the molecule is CC1CCC(O)(CNC(=O)CC2CCS(=O)(=O)C2)CC1. The lowest BCUT2D eigenvalue weighted by atomic mass is 9.79. The highest BCUT2D eigenvalue weighted by molar-refractivity contribution is 7.91. The summed E-state index contributed by atoms with van der Waals surface area (Å²) in [5, 5.41) is 13.1. The summed E-state index contributed by atoms with van der Waals surface area (Å²) in [5.41, 5.74) is -0.774. The average Bonchev–Trinajstić information content (AvgIpc) is 2.71. The van der Waals surface area contributed by atoms with Crippen molar-refractivity contribution in [2.24, 2.45) is 11.8 Å². The number of rotatable bonds is 4. The fourth-order valence-corrected chi connectivity index (χ4v) is 4.97. The molecular weight excluding hydrogens is 278 g/mol. The smallest absolute Gasteiger partial charge is 0.220 e. The van der Waals surface area contributed by atoms with Crippen LogP contribution in [0, 0.1) is 11.8 Å². The van der Waals surface area contributed by atoms with E-state index in [9.17, 15) is 18.3 Å². The van der Waals surface area contributed by atoms with Gasteiger partial charge < -0.3 is 10.4 Å². The lowest BCUT2D eigenvalue weighted by Gasteiger charge is -2.35.